The highest BCUT2D eigenvalue weighted by Crippen LogP contribution is 2.20. The standard InChI is InChI=1S/C18H15ClN4O/c1-12-4-2-3-5-14(12)11-20-23-18(24)17-10-16(21-22-17)13-6-8-15(19)9-7-13/h2-11H,1H3,(H,21,22)(H,23,24)/b20-11-. The third-order valence-electron chi connectivity index (χ3n) is 3.52. The molecule has 2 N–H and O–H groups in total. The fourth-order valence-electron chi connectivity index (χ4n) is 2.16. The first-order chi connectivity index (χ1) is 11.6. The van der Waals surface area contributed by atoms with E-state index in [-0.39, 0.29) is 5.91 Å². The summed E-state index contributed by atoms with van der Waals surface area (Å²) in [4.78, 5) is 12.1. The molecular formula is C18H15ClN4O. The third kappa shape index (κ3) is 3.70. The van der Waals surface area contributed by atoms with Crippen LogP contribution in [0.2, 0.25) is 5.02 Å². The number of rotatable bonds is 4. The number of nitrogens with one attached hydrogen (secondary N) is 2. The minimum atomic E-state index is -0.354. The molecular weight excluding hydrogens is 324 g/mol. The second-order valence-electron chi connectivity index (χ2n) is 5.23. The van der Waals surface area contributed by atoms with E-state index in [4.69, 9.17) is 11.6 Å². The Labute approximate surface area is 144 Å². The van der Waals surface area contributed by atoms with Crippen molar-refractivity contribution in [1.29, 1.82) is 0 Å². The predicted octanol–water partition coefficient (Wildman–Crippen LogP) is 3.80. The molecule has 6 heteroatoms. The number of aromatic amines is 1. The first-order valence-corrected chi connectivity index (χ1v) is 7.71. The lowest BCUT2D eigenvalue weighted by Gasteiger charge is -1.99. The number of aromatic nitrogens is 2. The van der Waals surface area contributed by atoms with Crippen molar-refractivity contribution >= 4 is 23.7 Å². The van der Waals surface area contributed by atoms with Gasteiger partial charge in [0.2, 0.25) is 0 Å². The second kappa shape index (κ2) is 7.10. The SMILES string of the molecule is Cc1ccccc1/C=N\NC(=O)c1cc(-c2ccc(Cl)cc2)n[nH]1. The lowest BCUT2D eigenvalue weighted by atomic mass is 10.1. The molecule has 120 valence electrons. The molecule has 3 aromatic rings. The van der Waals surface area contributed by atoms with Crippen molar-refractivity contribution in [1.82, 2.24) is 15.6 Å². The molecule has 0 atom stereocenters. The normalized spacial score (nSPS) is 10.9. The number of nitrogens with zero attached hydrogens (tertiary/aromatic N) is 2. The van der Waals surface area contributed by atoms with Crippen molar-refractivity contribution in [3.63, 3.8) is 0 Å². The molecule has 0 radical (unpaired) electrons. The average Bonchev–Trinajstić information content (AvgIpc) is 3.07. The minimum Gasteiger partial charge on any atom is -0.272 e. The predicted molar refractivity (Wildman–Crippen MR) is 95.3 cm³/mol. The Morgan fingerprint density at radius 1 is 1.21 bits per heavy atom. The highest BCUT2D eigenvalue weighted by Gasteiger charge is 2.10. The first kappa shape index (κ1) is 16.0. The Balaban J connectivity index is 1.68. The van der Waals surface area contributed by atoms with E-state index in [1.807, 2.05) is 43.3 Å². The maximum Gasteiger partial charge on any atom is 0.289 e. The van der Waals surface area contributed by atoms with Gasteiger partial charge in [0.25, 0.3) is 5.91 Å². The molecule has 2 aromatic carbocycles. The van der Waals surface area contributed by atoms with E-state index in [2.05, 4.69) is 20.7 Å². The molecule has 0 unspecified atom stereocenters. The molecule has 24 heavy (non-hydrogen) atoms. The van der Waals surface area contributed by atoms with E-state index in [0.717, 1.165) is 16.7 Å². The minimum absolute atomic E-state index is 0.335. The van der Waals surface area contributed by atoms with Gasteiger partial charge in [0.1, 0.15) is 5.69 Å². The van der Waals surface area contributed by atoms with E-state index in [1.165, 1.54) is 0 Å². The van der Waals surface area contributed by atoms with Crippen molar-refractivity contribution in [2.75, 3.05) is 0 Å². The summed E-state index contributed by atoms with van der Waals surface area (Å²) in [7, 11) is 0. The number of aryl methyl sites for hydroxylation is 1. The van der Waals surface area contributed by atoms with Crippen LogP contribution in [-0.4, -0.2) is 22.3 Å². The van der Waals surface area contributed by atoms with Gasteiger partial charge in [-0.1, -0.05) is 48.0 Å². The van der Waals surface area contributed by atoms with Crippen molar-refractivity contribution in [3.8, 4) is 11.3 Å². The van der Waals surface area contributed by atoms with Crippen LogP contribution in [0.3, 0.4) is 0 Å². The summed E-state index contributed by atoms with van der Waals surface area (Å²) in [5, 5.41) is 11.5. The zero-order valence-electron chi connectivity index (χ0n) is 13.0. The number of hydrogen-bond donors (Lipinski definition) is 2. The van der Waals surface area contributed by atoms with E-state index >= 15 is 0 Å². The quantitative estimate of drug-likeness (QED) is 0.561. The molecule has 5 nitrogen and oxygen atoms in total. The molecule has 0 spiro atoms. The molecule has 0 aliphatic heterocycles. The van der Waals surface area contributed by atoms with Crippen LogP contribution in [0.1, 0.15) is 21.6 Å². The number of hydrazone groups is 1. The van der Waals surface area contributed by atoms with Gasteiger partial charge in [0.15, 0.2) is 0 Å². The lowest BCUT2D eigenvalue weighted by molar-refractivity contribution is 0.0950. The summed E-state index contributed by atoms with van der Waals surface area (Å²) in [6.45, 7) is 1.98. The van der Waals surface area contributed by atoms with Crippen LogP contribution in [0.25, 0.3) is 11.3 Å². The van der Waals surface area contributed by atoms with Gasteiger partial charge in [-0.3, -0.25) is 9.89 Å². The zero-order chi connectivity index (χ0) is 16.9. The van der Waals surface area contributed by atoms with E-state index in [9.17, 15) is 4.79 Å². The molecule has 0 saturated heterocycles. The Kier molecular flexibility index (Phi) is 4.72. The van der Waals surface area contributed by atoms with E-state index in [1.54, 1.807) is 24.4 Å². The molecule has 0 fully saturated rings. The summed E-state index contributed by atoms with van der Waals surface area (Å²) in [5.41, 5.74) is 6.40. The van der Waals surface area contributed by atoms with Gasteiger partial charge in [0, 0.05) is 10.6 Å². The van der Waals surface area contributed by atoms with Crippen LogP contribution in [0.15, 0.2) is 59.7 Å². The summed E-state index contributed by atoms with van der Waals surface area (Å²) < 4.78 is 0. The Morgan fingerprint density at radius 2 is 1.96 bits per heavy atom. The average molecular weight is 339 g/mol. The molecule has 0 saturated carbocycles. The maximum atomic E-state index is 12.1. The van der Waals surface area contributed by atoms with Crippen molar-refractivity contribution in [2.45, 2.75) is 6.92 Å². The van der Waals surface area contributed by atoms with Crippen LogP contribution in [0.5, 0.6) is 0 Å². The lowest BCUT2D eigenvalue weighted by Crippen LogP contribution is -2.18. The smallest absolute Gasteiger partial charge is 0.272 e. The molecule has 3 rings (SSSR count). The fourth-order valence-corrected chi connectivity index (χ4v) is 2.28. The van der Waals surface area contributed by atoms with Crippen molar-refractivity contribution in [3.05, 3.63) is 76.4 Å². The molecule has 0 aliphatic rings. The number of halogens is 1. The maximum absolute atomic E-state index is 12.1. The van der Waals surface area contributed by atoms with Crippen LogP contribution in [0.4, 0.5) is 0 Å². The summed E-state index contributed by atoms with van der Waals surface area (Å²) >= 11 is 5.87. The summed E-state index contributed by atoms with van der Waals surface area (Å²) in [6, 6.07) is 16.7. The first-order valence-electron chi connectivity index (χ1n) is 7.34. The Hall–Kier alpha value is -2.92. The largest absolute Gasteiger partial charge is 0.289 e. The molecule has 1 heterocycles. The van der Waals surface area contributed by atoms with Crippen LogP contribution in [0, 0.1) is 6.92 Å². The highest BCUT2D eigenvalue weighted by molar-refractivity contribution is 6.30. The molecule has 0 aliphatic carbocycles. The number of carbonyl (C=O) groups is 1. The number of carbonyl (C=O) groups excluding carboxylic acids is 1. The number of benzene rings is 2. The van der Waals surface area contributed by atoms with Crippen molar-refractivity contribution < 1.29 is 4.79 Å². The van der Waals surface area contributed by atoms with Gasteiger partial charge in [-0.15, -0.1) is 0 Å². The van der Waals surface area contributed by atoms with E-state index < -0.39 is 0 Å². The number of amides is 1. The second-order valence-corrected chi connectivity index (χ2v) is 5.67. The highest BCUT2D eigenvalue weighted by atomic mass is 35.5. The zero-order valence-corrected chi connectivity index (χ0v) is 13.7. The Bertz CT molecular complexity index is 884. The van der Waals surface area contributed by atoms with Gasteiger partial charge in [-0.05, 0) is 36.2 Å². The monoisotopic (exact) mass is 338 g/mol. The Morgan fingerprint density at radius 3 is 2.71 bits per heavy atom. The van der Waals surface area contributed by atoms with Gasteiger partial charge < -0.3 is 0 Å². The van der Waals surface area contributed by atoms with E-state index in [0.29, 0.717) is 16.4 Å². The molecule has 1 amide bonds. The topological polar surface area (TPSA) is 70.1 Å². The van der Waals surface area contributed by atoms with Gasteiger partial charge >= 0.3 is 0 Å². The van der Waals surface area contributed by atoms with Crippen LogP contribution < -0.4 is 5.43 Å². The molecule has 1 aromatic heterocycles. The summed E-state index contributed by atoms with van der Waals surface area (Å²) in [6.07, 6.45) is 1.61. The van der Waals surface area contributed by atoms with Crippen LogP contribution >= 0.6 is 11.6 Å². The third-order valence-corrected chi connectivity index (χ3v) is 3.77. The summed E-state index contributed by atoms with van der Waals surface area (Å²) in [5.74, 6) is -0.354. The van der Waals surface area contributed by atoms with Gasteiger partial charge in [-0.25, -0.2) is 5.43 Å². The van der Waals surface area contributed by atoms with Crippen LogP contribution in [-0.2, 0) is 0 Å². The van der Waals surface area contributed by atoms with Gasteiger partial charge in [0.05, 0.1) is 11.9 Å². The number of hydrogen-bond acceptors (Lipinski definition) is 3. The van der Waals surface area contributed by atoms with Crippen molar-refractivity contribution in [2.24, 2.45) is 5.10 Å². The van der Waals surface area contributed by atoms with Gasteiger partial charge in [-0.2, -0.15) is 10.2 Å². The molecule has 0 bridgehead atoms. The number of H-pyrrole nitrogens is 1. The fraction of sp³-hybridized carbons (Fsp3) is 0.0556.